The molecule has 2 aromatic carbocycles. The molecule has 0 spiro atoms. The van der Waals surface area contributed by atoms with Gasteiger partial charge in [-0.2, -0.15) is 0 Å². The minimum absolute atomic E-state index is 0.0471. The third kappa shape index (κ3) is 4.28. The van der Waals surface area contributed by atoms with Crippen LogP contribution in [0.25, 0.3) is 22.1 Å². The van der Waals surface area contributed by atoms with Crippen molar-refractivity contribution < 1.29 is 13.9 Å². The molecule has 0 radical (unpaired) electrons. The van der Waals surface area contributed by atoms with E-state index < -0.39 is 0 Å². The number of benzene rings is 2. The minimum Gasteiger partial charge on any atom is -0.448 e. The van der Waals surface area contributed by atoms with E-state index in [1.54, 1.807) is 4.57 Å². The van der Waals surface area contributed by atoms with Gasteiger partial charge in [0.15, 0.2) is 5.16 Å². The van der Waals surface area contributed by atoms with E-state index in [-0.39, 0.29) is 28.9 Å². The minimum atomic E-state index is -0.246. The van der Waals surface area contributed by atoms with Crippen LogP contribution in [0.15, 0.2) is 56.8 Å². The zero-order valence-corrected chi connectivity index (χ0v) is 19.4. The average molecular weight is 464 g/mol. The van der Waals surface area contributed by atoms with Crippen molar-refractivity contribution in [1.29, 1.82) is 0 Å². The average Bonchev–Trinajstić information content (AvgIpc) is 3.45. The molecule has 33 heavy (non-hydrogen) atoms. The number of aryl methyl sites for hydroxylation is 2. The van der Waals surface area contributed by atoms with Gasteiger partial charge in [-0.15, -0.1) is 0 Å². The summed E-state index contributed by atoms with van der Waals surface area (Å²) in [6.07, 6.45) is 1.82. The summed E-state index contributed by atoms with van der Waals surface area (Å²) in [7, 11) is 0. The number of nitrogens with one attached hydrogen (secondary N) is 1. The number of hydrogen-bond donors (Lipinski definition) is 1. The van der Waals surface area contributed by atoms with Gasteiger partial charge in [0, 0.05) is 17.7 Å². The second-order valence-corrected chi connectivity index (χ2v) is 9.27. The summed E-state index contributed by atoms with van der Waals surface area (Å²) in [4.78, 5) is 30.9. The Hall–Kier alpha value is -3.10. The maximum Gasteiger partial charge on any atom is 0.297 e. The largest absolute Gasteiger partial charge is 0.448 e. The Balaban J connectivity index is 1.48. The Morgan fingerprint density at radius 3 is 2.73 bits per heavy atom. The van der Waals surface area contributed by atoms with Crippen molar-refractivity contribution in [3.63, 3.8) is 0 Å². The molecule has 2 aromatic heterocycles. The highest BCUT2D eigenvalue weighted by Gasteiger charge is 2.23. The van der Waals surface area contributed by atoms with Crippen LogP contribution in [0.2, 0.25) is 0 Å². The number of ether oxygens (including phenoxy) is 1. The highest BCUT2D eigenvalue weighted by molar-refractivity contribution is 7.99. The lowest BCUT2D eigenvalue weighted by molar-refractivity contribution is -0.113. The molecule has 5 rings (SSSR count). The molecule has 4 aromatic rings. The summed E-state index contributed by atoms with van der Waals surface area (Å²) in [5.41, 5.74) is 3.97. The van der Waals surface area contributed by atoms with Crippen molar-refractivity contribution in [1.82, 2.24) is 9.55 Å². The fourth-order valence-electron chi connectivity index (χ4n) is 4.23. The molecule has 1 amide bonds. The number of furan rings is 1. The number of anilines is 1. The van der Waals surface area contributed by atoms with Gasteiger partial charge in [0.1, 0.15) is 11.1 Å². The first-order valence-electron chi connectivity index (χ1n) is 11.0. The van der Waals surface area contributed by atoms with E-state index in [9.17, 15) is 9.59 Å². The van der Waals surface area contributed by atoms with Gasteiger partial charge in [0.2, 0.25) is 11.5 Å². The van der Waals surface area contributed by atoms with Crippen LogP contribution >= 0.6 is 11.8 Å². The Labute approximate surface area is 195 Å². The number of rotatable bonds is 6. The van der Waals surface area contributed by atoms with Crippen LogP contribution < -0.4 is 10.9 Å². The van der Waals surface area contributed by atoms with Crippen LogP contribution in [0.1, 0.15) is 24.0 Å². The summed E-state index contributed by atoms with van der Waals surface area (Å²) >= 11 is 1.25. The molecule has 0 unspecified atom stereocenters. The molecule has 3 heterocycles. The molecule has 1 atom stereocenters. The zero-order chi connectivity index (χ0) is 22.9. The summed E-state index contributed by atoms with van der Waals surface area (Å²) < 4.78 is 13.2. The molecule has 0 aliphatic carbocycles. The van der Waals surface area contributed by atoms with Crippen molar-refractivity contribution in [2.24, 2.45) is 0 Å². The smallest absolute Gasteiger partial charge is 0.297 e. The van der Waals surface area contributed by atoms with E-state index in [0.717, 1.165) is 35.0 Å². The first-order valence-corrected chi connectivity index (χ1v) is 12.0. The molecule has 7 nitrogen and oxygen atoms in total. The van der Waals surface area contributed by atoms with Crippen LogP contribution in [-0.2, 0) is 16.1 Å². The molecule has 1 aliphatic heterocycles. The summed E-state index contributed by atoms with van der Waals surface area (Å²) in [6, 6.07) is 13.4. The standard InChI is InChI=1S/C25H25N3O4S/c1-15-7-5-8-16(2)21(15)26-20(29)14-33-25-27-22-18-10-3-4-11-19(18)32-23(22)24(30)28(25)13-17-9-6-12-31-17/h3-5,7-8,10-11,17H,6,9,12-14H2,1-2H3,(H,26,29)/t17-/m1/s1. The van der Waals surface area contributed by atoms with Gasteiger partial charge < -0.3 is 14.5 Å². The third-order valence-corrected chi connectivity index (χ3v) is 6.91. The Morgan fingerprint density at radius 2 is 1.97 bits per heavy atom. The van der Waals surface area contributed by atoms with E-state index in [2.05, 4.69) is 5.32 Å². The lowest BCUT2D eigenvalue weighted by Gasteiger charge is -2.16. The first-order chi connectivity index (χ1) is 16.0. The summed E-state index contributed by atoms with van der Waals surface area (Å²) in [6.45, 7) is 5.02. The molecule has 170 valence electrons. The van der Waals surface area contributed by atoms with Crippen LogP contribution in [-0.4, -0.2) is 33.9 Å². The lowest BCUT2D eigenvalue weighted by atomic mass is 10.1. The predicted octanol–water partition coefficient (Wildman–Crippen LogP) is 4.67. The molecule has 0 bridgehead atoms. The monoisotopic (exact) mass is 463 g/mol. The van der Waals surface area contributed by atoms with E-state index in [4.69, 9.17) is 14.1 Å². The molecule has 1 fully saturated rings. The molecule has 0 saturated carbocycles. The topological polar surface area (TPSA) is 86.4 Å². The molecule has 1 N–H and O–H groups in total. The van der Waals surface area contributed by atoms with E-state index in [1.165, 1.54) is 11.8 Å². The van der Waals surface area contributed by atoms with Gasteiger partial charge in [-0.05, 0) is 49.9 Å². The molecule has 1 saturated heterocycles. The van der Waals surface area contributed by atoms with Crippen molar-refractivity contribution in [3.8, 4) is 0 Å². The maximum atomic E-state index is 13.4. The molecule has 1 aliphatic rings. The van der Waals surface area contributed by atoms with Gasteiger partial charge in [-0.25, -0.2) is 4.98 Å². The fourth-order valence-corrected chi connectivity index (χ4v) is 5.04. The van der Waals surface area contributed by atoms with E-state index in [1.807, 2.05) is 56.3 Å². The highest BCUT2D eigenvalue weighted by Crippen LogP contribution is 2.28. The molecular formula is C25H25N3O4S. The number of amides is 1. The van der Waals surface area contributed by atoms with Gasteiger partial charge in [-0.1, -0.05) is 42.1 Å². The van der Waals surface area contributed by atoms with Gasteiger partial charge >= 0.3 is 0 Å². The maximum absolute atomic E-state index is 13.4. The normalized spacial score (nSPS) is 16.0. The Morgan fingerprint density at radius 1 is 1.18 bits per heavy atom. The second-order valence-electron chi connectivity index (χ2n) is 8.32. The molecule has 8 heteroatoms. The van der Waals surface area contributed by atoms with Gasteiger partial charge in [0.25, 0.3) is 5.56 Å². The van der Waals surface area contributed by atoms with Crippen molar-refractivity contribution >= 4 is 45.4 Å². The Kier molecular flexibility index (Phi) is 5.95. The van der Waals surface area contributed by atoms with Crippen LogP contribution in [0, 0.1) is 13.8 Å². The van der Waals surface area contributed by atoms with E-state index >= 15 is 0 Å². The third-order valence-electron chi connectivity index (χ3n) is 5.94. The van der Waals surface area contributed by atoms with Gasteiger partial charge in [-0.3, -0.25) is 14.2 Å². The zero-order valence-electron chi connectivity index (χ0n) is 18.6. The number of hydrogen-bond acceptors (Lipinski definition) is 6. The highest BCUT2D eigenvalue weighted by atomic mass is 32.2. The number of nitrogens with zero attached hydrogens (tertiary/aromatic N) is 2. The predicted molar refractivity (Wildman–Crippen MR) is 130 cm³/mol. The quantitative estimate of drug-likeness (QED) is 0.330. The number of thioether (sulfide) groups is 1. The first kappa shape index (κ1) is 21.7. The van der Waals surface area contributed by atoms with Crippen LogP contribution in [0.4, 0.5) is 5.69 Å². The number of carbonyl (C=O) groups excluding carboxylic acids is 1. The van der Waals surface area contributed by atoms with Crippen LogP contribution in [0.5, 0.6) is 0 Å². The number of fused-ring (bicyclic) bond motifs is 3. The van der Waals surface area contributed by atoms with Gasteiger partial charge in [0.05, 0.1) is 18.4 Å². The number of carbonyl (C=O) groups is 1. The van der Waals surface area contributed by atoms with Crippen molar-refractivity contribution in [2.45, 2.75) is 44.5 Å². The van der Waals surface area contributed by atoms with Crippen molar-refractivity contribution in [3.05, 3.63) is 63.9 Å². The SMILES string of the molecule is Cc1cccc(C)c1NC(=O)CSc1nc2c(oc3ccccc32)c(=O)n1C[C@H]1CCCO1. The summed E-state index contributed by atoms with van der Waals surface area (Å²) in [5.74, 6) is -0.0139. The summed E-state index contributed by atoms with van der Waals surface area (Å²) in [5, 5.41) is 4.28. The van der Waals surface area contributed by atoms with Crippen LogP contribution in [0.3, 0.4) is 0 Å². The second kappa shape index (κ2) is 9.03. The number of aromatic nitrogens is 2. The molecular weight excluding hydrogens is 438 g/mol. The van der Waals surface area contributed by atoms with E-state index in [0.29, 0.717) is 29.4 Å². The van der Waals surface area contributed by atoms with Crippen molar-refractivity contribution in [2.75, 3.05) is 17.7 Å². The Bertz CT molecular complexity index is 1380. The lowest BCUT2D eigenvalue weighted by Crippen LogP contribution is -2.29. The fraction of sp³-hybridized carbons (Fsp3) is 0.320. The number of para-hydroxylation sites is 2.